The third-order valence-corrected chi connectivity index (χ3v) is 16.4. The fourth-order valence-electron chi connectivity index (χ4n) is 2.80. The minimum atomic E-state index is -1.29. The maximum absolute atomic E-state index is 2.90. The molecule has 2 nitrogen and oxygen atoms in total. The molecule has 0 amide bonds. The lowest BCUT2D eigenvalue weighted by atomic mass is 10.0. The Kier molecular flexibility index (Phi) is 3.81. The van der Waals surface area contributed by atoms with E-state index in [1.807, 2.05) is 0 Å². The molecule has 1 aliphatic rings. The van der Waals surface area contributed by atoms with Crippen molar-refractivity contribution in [1.82, 2.24) is 8.46 Å². The van der Waals surface area contributed by atoms with E-state index >= 15 is 0 Å². The van der Waals surface area contributed by atoms with Gasteiger partial charge in [-0.15, -0.1) is 0 Å². The molecule has 0 unspecified atom stereocenters. The molecule has 1 aliphatic heterocycles. The van der Waals surface area contributed by atoms with Gasteiger partial charge in [0, 0.05) is 11.1 Å². The Bertz CT molecular complexity index is 238. The maximum Gasteiger partial charge on any atom is 0.189 e. The molecule has 96 valence electrons. The normalized spacial score (nSPS) is 23.2. The topological polar surface area (TPSA) is 6.48 Å². The molecule has 1 heterocycles. The summed E-state index contributed by atoms with van der Waals surface area (Å²) >= 11 is 0. The van der Waals surface area contributed by atoms with E-state index < -0.39 is 8.40 Å². The van der Waals surface area contributed by atoms with Crippen LogP contribution >= 0.6 is 0 Å². The summed E-state index contributed by atoms with van der Waals surface area (Å²) in [7, 11) is -1.47. The molecule has 0 bridgehead atoms. The maximum atomic E-state index is 2.90. The fourth-order valence-corrected chi connectivity index (χ4v) is 11.4. The van der Waals surface area contributed by atoms with Gasteiger partial charge in [0.15, 0.2) is 18.2 Å². The molecule has 1 rings (SSSR count). The van der Waals surface area contributed by atoms with Crippen LogP contribution < -0.4 is 0 Å². The van der Waals surface area contributed by atoms with Gasteiger partial charge in [-0.05, 0) is 53.6 Å². The molecular formula is C12H30N2Si2. The monoisotopic (exact) mass is 258 g/mol. The quantitative estimate of drug-likeness (QED) is 0.716. The van der Waals surface area contributed by atoms with E-state index in [2.05, 4.69) is 63.1 Å². The molecule has 0 atom stereocenters. The number of hydrogen-bond donors (Lipinski definition) is 0. The standard InChI is InChI=1S/C12H30N2Si2/c1-9-11(3,4)13-15-14(16(13,7)8)12(5,6)10-2/h9-10,15H2,1-8H3. The first kappa shape index (κ1) is 14.4. The Labute approximate surface area is 106 Å². The van der Waals surface area contributed by atoms with E-state index in [1.165, 1.54) is 12.8 Å². The van der Waals surface area contributed by atoms with Gasteiger partial charge in [0.1, 0.15) is 0 Å². The van der Waals surface area contributed by atoms with Crippen molar-refractivity contribution in [3.63, 3.8) is 0 Å². The Morgan fingerprint density at radius 2 is 1.19 bits per heavy atom. The average Bonchev–Trinajstić information content (AvgIpc) is 2.15. The molecule has 0 aromatic rings. The summed E-state index contributed by atoms with van der Waals surface area (Å²) in [6.07, 6.45) is 2.55. The molecule has 16 heavy (non-hydrogen) atoms. The van der Waals surface area contributed by atoms with Gasteiger partial charge in [0.2, 0.25) is 0 Å². The first-order chi connectivity index (χ1) is 7.09. The molecular weight excluding hydrogens is 228 g/mol. The summed E-state index contributed by atoms with van der Waals surface area (Å²) in [5.41, 5.74) is 0.866. The van der Waals surface area contributed by atoms with Gasteiger partial charge in [-0.3, -0.25) is 0 Å². The van der Waals surface area contributed by atoms with E-state index in [-0.39, 0.29) is 9.84 Å². The van der Waals surface area contributed by atoms with E-state index in [0.29, 0.717) is 11.1 Å². The Balaban J connectivity index is 2.82. The van der Waals surface area contributed by atoms with Crippen molar-refractivity contribution in [2.75, 3.05) is 0 Å². The lowest BCUT2D eigenvalue weighted by molar-refractivity contribution is 0.190. The van der Waals surface area contributed by atoms with Gasteiger partial charge in [0.05, 0.1) is 0 Å². The number of rotatable bonds is 4. The summed E-state index contributed by atoms with van der Waals surface area (Å²) < 4.78 is 5.80. The lowest BCUT2D eigenvalue weighted by Crippen LogP contribution is -2.85. The molecule has 1 saturated heterocycles. The summed E-state index contributed by atoms with van der Waals surface area (Å²) in [5, 5.41) is 0. The second-order valence-corrected chi connectivity index (χ2v) is 13.7. The Hall–Kier alpha value is 0.354. The Morgan fingerprint density at radius 3 is 1.38 bits per heavy atom. The van der Waals surface area contributed by atoms with Gasteiger partial charge in [0.25, 0.3) is 0 Å². The molecule has 0 N–H and O–H groups in total. The minimum Gasteiger partial charge on any atom is -0.322 e. The zero-order chi connectivity index (χ0) is 12.8. The van der Waals surface area contributed by atoms with Gasteiger partial charge >= 0.3 is 0 Å². The fraction of sp³-hybridized carbons (Fsp3) is 1.00. The lowest BCUT2D eigenvalue weighted by Gasteiger charge is -2.67. The van der Waals surface area contributed by atoms with Crippen LogP contribution in [0, 0.1) is 0 Å². The van der Waals surface area contributed by atoms with Crippen molar-refractivity contribution < 1.29 is 0 Å². The molecule has 0 aliphatic carbocycles. The SMILES string of the molecule is CCC(C)(C)N1[SiH2]N(C(C)(C)CC)[Si]1(C)C. The van der Waals surface area contributed by atoms with Crippen molar-refractivity contribution in [3.05, 3.63) is 0 Å². The summed E-state index contributed by atoms with van der Waals surface area (Å²) in [6, 6.07) is 0. The number of nitrogens with zero attached hydrogens (tertiary/aromatic N) is 2. The van der Waals surface area contributed by atoms with Crippen LogP contribution in [0.4, 0.5) is 0 Å². The summed E-state index contributed by atoms with van der Waals surface area (Å²) in [4.78, 5) is 0. The van der Waals surface area contributed by atoms with Gasteiger partial charge < -0.3 is 8.46 Å². The molecule has 0 radical (unpaired) electrons. The van der Waals surface area contributed by atoms with Crippen LogP contribution in [0.1, 0.15) is 54.4 Å². The van der Waals surface area contributed by atoms with Crippen molar-refractivity contribution in [1.29, 1.82) is 0 Å². The van der Waals surface area contributed by atoms with E-state index in [4.69, 9.17) is 0 Å². The third-order valence-electron chi connectivity index (χ3n) is 4.80. The molecule has 0 spiro atoms. The van der Waals surface area contributed by atoms with Crippen molar-refractivity contribution >= 4 is 18.2 Å². The predicted octanol–water partition coefficient (Wildman–Crippen LogP) is 2.68. The van der Waals surface area contributed by atoms with Crippen molar-refractivity contribution in [2.45, 2.75) is 78.6 Å². The van der Waals surface area contributed by atoms with Gasteiger partial charge in [-0.2, -0.15) is 0 Å². The number of hydrogen-bond acceptors (Lipinski definition) is 2. The summed E-state index contributed by atoms with van der Waals surface area (Å²) in [5.74, 6) is 0. The summed E-state index contributed by atoms with van der Waals surface area (Å²) in [6.45, 7) is 19.4. The largest absolute Gasteiger partial charge is 0.322 e. The van der Waals surface area contributed by atoms with Crippen molar-refractivity contribution in [3.8, 4) is 0 Å². The van der Waals surface area contributed by atoms with E-state index in [0.717, 1.165) is 0 Å². The van der Waals surface area contributed by atoms with Crippen LogP contribution in [-0.2, 0) is 0 Å². The Morgan fingerprint density at radius 1 is 0.875 bits per heavy atom. The highest BCUT2D eigenvalue weighted by molar-refractivity contribution is 6.90. The van der Waals surface area contributed by atoms with Crippen LogP contribution in [0.15, 0.2) is 0 Å². The molecule has 4 heteroatoms. The average molecular weight is 259 g/mol. The zero-order valence-corrected chi connectivity index (χ0v) is 14.9. The minimum absolute atomic E-state index is 0.173. The van der Waals surface area contributed by atoms with Crippen LogP contribution in [0.25, 0.3) is 0 Å². The van der Waals surface area contributed by atoms with Gasteiger partial charge in [-0.25, -0.2) is 0 Å². The third kappa shape index (κ3) is 2.17. The van der Waals surface area contributed by atoms with E-state index in [1.54, 1.807) is 0 Å². The van der Waals surface area contributed by atoms with Crippen LogP contribution in [0.3, 0.4) is 0 Å². The van der Waals surface area contributed by atoms with Crippen LogP contribution in [-0.4, -0.2) is 37.8 Å². The predicted molar refractivity (Wildman–Crippen MR) is 78.4 cm³/mol. The highest BCUT2D eigenvalue weighted by atomic mass is 28.4. The molecule has 0 aromatic heterocycles. The smallest absolute Gasteiger partial charge is 0.189 e. The van der Waals surface area contributed by atoms with Gasteiger partial charge in [-0.1, -0.05) is 13.8 Å². The highest BCUT2D eigenvalue weighted by Crippen LogP contribution is 2.39. The second kappa shape index (κ2) is 4.23. The van der Waals surface area contributed by atoms with Crippen LogP contribution in [0.5, 0.6) is 0 Å². The first-order valence-electron chi connectivity index (χ1n) is 6.65. The van der Waals surface area contributed by atoms with Crippen molar-refractivity contribution in [2.24, 2.45) is 0 Å². The molecule has 0 aromatic carbocycles. The first-order valence-corrected chi connectivity index (χ1v) is 10.8. The molecule has 1 fully saturated rings. The van der Waals surface area contributed by atoms with Crippen LogP contribution in [0.2, 0.25) is 13.1 Å². The molecule has 0 saturated carbocycles. The zero-order valence-electron chi connectivity index (χ0n) is 12.5. The second-order valence-electron chi connectivity index (χ2n) is 6.82. The van der Waals surface area contributed by atoms with E-state index in [9.17, 15) is 0 Å². The highest BCUT2D eigenvalue weighted by Gasteiger charge is 2.55.